The molecular formula is C16H22ClN3O2. The first-order valence-electron chi connectivity index (χ1n) is 7.52. The number of carbonyl (C=O) groups is 2. The van der Waals surface area contributed by atoms with Crippen LogP contribution in [0.15, 0.2) is 30.3 Å². The summed E-state index contributed by atoms with van der Waals surface area (Å²) in [4.78, 5) is 25.7. The van der Waals surface area contributed by atoms with E-state index in [1.807, 2.05) is 35.2 Å². The predicted molar refractivity (Wildman–Crippen MR) is 86.6 cm³/mol. The Bertz CT molecular complexity index is 519. The average molecular weight is 324 g/mol. The lowest BCUT2D eigenvalue weighted by Crippen LogP contribution is -2.51. The molecule has 0 spiro atoms. The zero-order chi connectivity index (χ0) is 14.7. The fourth-order valence-electron chi connectivity index (χ4n) is 2.81. The zero-order valence-electron chi connectivity index (χ0n) is 12.5. The van der Waals surface area contributed by atoms with Crippen molar-refractivity contribution in [3.8, 4) is 0 Å². The van der Waals surface area contributed by atoms with Crippen molar-refractivity contribution < 1.29 is 9.59 Å². The van der Waals surface area contributed by atoms with E-state index >= 15 is 0 Å². The molecule has 0 aromatic heterocycles. The molecule has 0 bridgehead atoms. The highest BCUT2D eigenvalue weighted by Crippen LogP contribution is 2.19. The van der Waals surface area contributed by atoms with Crippen molar-refractivity contribution in [2.75, 3.05) is 26.2 Å². The summed E-state index contributed by atoms with van der Waals surface area (Å²) < 4.78 is 0. The molecule has 22 heavy (non-hydrogen) atoms. The fraction of sp³-hybridized carbons (Fsp3) is 0.500. The van der Waals surface area contributed by atoms with Gasteiger partial charge in [-0.1, -0.05) is 30.3 Å². The molecule has 2 heterocycles. The molecule has 1 atom stereocenters. The van der Waals surface area contributed by atoms with Gasteiger partial charge in [0.25, 0.3) is 0 Å². The van der Waals surface area contributed by atoms with Gasteiger partial charge in [0.15, 0.2) is 0 Å². The highest BCUT2D eigenvalue weighted by molar-refractivity contribution is 5.85. The van der Waals surface area contributed by atoms with Crippen molar-refractivity contribution in [2.24, 2.45) is 11.8 Å². The van der Waals surface area contributed by atoms with Gasteiger partial charge in [0.1, 0.15) is 0 Å². The lowest BCUT2D eigenvalue weighted by atomic mass is 10.0. The largest absolute Gasteiger partial charge is 0.355 e. The van der Waals surface area contributed by atoms with Crippen LogP contribution in [0.5, 0.6) is 0 Å². The number of halogens is 1. The molecule has 2 aliphatic rings. The maximum atomic E-state index is 12.0. The summed E-state index contributed by atoms with van der Waals surface area (Å²) >= 11 is 0. The summed E-state index contributed by atoms with van der Waals surface area (Å²) in [5.74, 6) is 0.645. The molecule has 6 heteroatoms. The zero-order valence-corrected chi connectivity index (χ0v) is 13.3. The Morgan fingerprint density at radius 3 is 2.64 bits per heavy atom. The van der Waals surface area contributed by atoms with Gasteiger partial charge in [-0.15, -0.1) is 12.4 Å². The van der Waals surface area contributed by atoms with Crippen LogP contribution in [0.25, 0.3) is 0 Å². The second-order valence-corrected chi connectivity index (χ2v) is 5.93. The molecule has 1 aromatic carbocycles. The van der Waals surface area contributed by atoms with Gasteiger partial charge in [-0.3, -0.25) is 9.59 Å². The van der Waals surface area contributed by atoms with Gasteiger partial charge in [0, 0.05) is 45.1 Å². The molecule has 0 aliphatic carbocycles. The van der Waals surface area contributed by atoms with E-state index in [1.165, 1.54) is 0 Å². The molecule has 1 aromatic rings. The first-order valence-corrected chi connectivity index (χ1v) is 7.52. The molecule has 2 fully saturated rings. The highest BCUT2D eigenvalue weighted by Gasteiger charge is 2.31. The van der Waals surface area contributed by atoms with Crippen LogP contribution in [0.3, 0.4) is 0 Å². The summed E-state index contributed by atoms with van der Waals surface area (Å²) in [5.41, 5.74) is 1.15. The van der Waals surface area contributed by atoms with Gasteiger partial charge in [-0.2, -0.15) is 0 Å². The molecule has 2 saturated heterocycles. The van der Waals surface area contributed by atoms with Crippen molar-refractivity contribution in [1.29, 1.82) is 0 Å². The van der Waals surface area contributed by atoms with Gasteiger partial charge < -0.3 is 15.5 Å². The lowest BCUT2D eigenvalue weighted by molar-refractivity contribution is -0.128. The van der Waals surface area contributed by atoms with Crippen molar-refractivity contribution in [3.05, 3.63) is 35.9 Å². The van der Waals surface area contributed by atoms with E-state index in [-0.39, 0.29) is 36.1 Å². The van der Waals surface area contributed by atoms with Gasteiger partial charge in [-0.05, 0) is 5.56 Å². The van der Waals surface area contributed by atoms with Crippen molar-refractivity contribution in [1.82, 2.24) is 15.5 Å². The van der Waals surface area contributed by atoms with E-state index in [2.05, 4.69) is 10.6 Å². The summed E-state index contributed by atoms with van der Waals surface area (Å²) in [7, 11) is 0. The van der Waals surface area contributed by atoms with E-state index < -0.39 is 0 Å². The van der Waals surface area contributed by atoms with Gasteiger partial charge in [0.05, 0.1) is 5.92 Å². The highest BCUT2D eigenvalue weighted by atomic mass is 35.5. The first-order chi connectivity index (χ1) is 10.2. The molecule has 0 radical (unpaired) electrons. The Balaban J connectivity index is 0.00000176. The minimum atomic E-state index is 0. The molecule has 3 rings (SSSR count). The monoisotopic (exact) mass is 323 g/mol. The molecule has 2 amide bonds. The second kappa shape index (κ2) is 7.61. The smallest absolute Gasteiger partial charge is 0.225 e. The van der Waals surface area contributed by atoms with Crippen LogP contribution in [0.1, 0.15) is 12.0 Å². The van der Waals surface area contributed by atoms with Crippen LogP contribution in [0.4, 0.5) is 0 Å². The van der Waals surface area contributed by atoms with E-state index in [9.17, 15) is 9.59 Å². The van der Waals surface area contributed by atoms with Gasteiger partial charge in [-0.25, -0.2) is 0 Å². The van der Waals surface area contributed by atoms with Crippen molar-refractivity contribution in [2.45, 2.75) is 13.0 Å². The molecule has 5 nitrogen and oxygen atoms in total. The third-order valence-electron chi connectivity index (χ3n) is 4.23. The maximum absolute atomic E-state index is 12.0. The number of nitrogens with one attached hydrogen (secondary N) is 2. The summed E-state index contributed by atoms with van der Waals surface area (Å²) in [6.45, 7) is 3.55. The molecule has 0 saturated carbocycles. The molecular weight excluding hydrogens is 302 g/mol. The maximum Gasteiger partial charge on any atom is 0.225 e. The Morgan fingerprint density at radius 1 is 1.27 bits per heavy atom. The fourth-order valence-corrected chi connectivity index (χ4v) is 2.81. The van der Waals surface area contributed by atoms with E-state index in [1.54, 1.807) is 0 Å². The average Bonchev–Trinajstić information content (AvgIpc) is 2.76. The third-order valence-corrected chi connectivity index (χ3v) is 4.23. The van der Waals surface area contributed by atoms with Crippen molar-refractivity contribution >= 4 is 24.2 Å². The predicted octanol–water partition coefficient (Wildman–Crippen LogP) is 0.792. The number of benzene rings is 1. The van der Waals surface area contributed by atoms with Crippen LogP contribution in [-0.2, 0) is 16.1 Å². The van der Waals surface area contributed by atoms with E-state index in [4.69, 9.17) is 0 Å². The number of carbonyl (C=O) groups excluding carboxylic acids is 2. The lowest BCUT2D eigenvalue weighted by Gasteiger charge is -2.26. The first kappa shape index (κ1) is 16.8. The number of amides is 2. The minimum absolute atomic E-state index is 0. The third kappa shape index (κ3) is 3.99. The quantitative estimate of drug-likeness (QED) is 0.842. The number of hydrogen-bond donors (Lipinski definition) is 2. The SMILES string of the molecule is Cl.O=C(NCC1CC(=O)N(Cc2ccccc2)C1)C1CNC1. The molecule has 2 aliphatic heterocycles. The van der Waals surface area contributed by atoms with Crippen LogP contribution < -0.4 is 10.6 Å². The summed E-state index contributed by atoms with van der Waals surface area (Å²) in [6, 6.07) is 10.0. The summed E-state index contributed by atoms with van der Waals surface area (Å²) in [5, 5.41) is 6.06. The topological polar surface area (TPSA) is 61.4 Å². The van der Waals surface area contributed by atoms with E-state index in [0.717, 1.165) is 25.2 Å². The normalized spacial score (nSPS) is 21.2. The molecule has 120 valence electrons. The van der Waals surface area contributed by atoms with Crippen LogP contribution >= 0.6 is 12.4 Å². The number of hydrogen-bond acceptors (Lipinski definition) is 3. The van der Waals surface area contributed by atoms with Crippen LogP contribution in [-0.4, -0.2) is 42.9 Å². The minimum Gasteiger partial charge on any atom is -0.355 e. The Hall–Kier alpha value is -1.59. The number of likely N-dealkylation sites (tertiary alicyclic amines) is 1. The van der Waals surface area contributed by atoms with Gasteiger partial charge >= 0.3 is 0 Å². The van der Waals surface area contributed by atoms with E-state index in [0.29, 0.717) is 19.5 Å². The van der Waals surface area contributed by atoms with Gasteiger partial charge in [0.2, 0.25) is 11.8 Å². The number of rotatable bonds is 5. The summed E-state index contributed by atoms with van der Waals surface area (Å²) in [6.07, 6.45) is 0.538. The standard InChI is InChI=1S/C16H21N3O2.ClH/c20-15-6-13(7-18-16(21)14-8-17-9-14)11-19(15)10-12-4-2-1-3-5-12;/h1-5,13-14,17H,6-11H2,(H,18,21);1H. The second-order valence-electron chi connectivity index (χ2n) is 5.93. The number of nitrogens with zero attached hydrogens (tertiary/aromatic N) is 1. The Kier molecular flexibility index (Phi) is 5.80. The molecule has 1 unspecified atom stereocenters. The van der Waals surface area contributed by atoms with Crippen LogP contribution in [0, 0.1) is 11.8 Å². The Labute approximate surface area is 136 Å². The molecule has 2 N–H and O–H groups in total. The van der Waals surface area contributed by atoms with Crippen LogP contribution in [0.2, 0.25) is 0 Å². The van der Waals surface area contributed by atoms with Crippen molar-refractivity contribution in [3.63, 3.8) is 0 Å². The Morgan fingerprint density at radius 2 is 2.00 bits per heavy atom.